The van der Waals surface area contributed by atoms with E-state index in [1.165, 1.54) is 42.8 Å². The molecule has 0 aliphatic carbocycles. The molecule has 3 atom stereocenters. The first-order valence-electron chi connectivity index (χ1n) is 10.8. The van der Waals surface area contributed by atoms with Gasteiger partial charge in [0, 0.05) is 38.1 Å². The number of amides is 1. The lowest BCUT2D eigenvalue weighted by Crippen LogP contribution is -2.68. The van der Waals surface area contributed by atoms with Gasteiger partial charge in [0.15, 0.2) is 11.9 Å². The number of carbonyl (C=O) groups is 2. The average Bonchev–Trinajstić information content (AvgIpc) is 3.19. The second-order valence-electron chi connectivity index (χ2n) is 9.47. The summed E-state index contributed by atoms with van der Waals surface area (Å²) in [7, 11) is 3.21. The lowest BCUT2D eigenvalue weighted by molar-refractivity contribution is -0.384. The van der Waals surface area contributed by atoms with E-state index in [1.807, 2.05) is 27.7 Å². The SMILES string of the molecule is CO[C@H]1C(=O)N2C(C(=O)C(C)(C)C)=C(C)C(Cc3ccc([N+](=O)[O-])cc3)(Sc3nnnn3C)S[C@H]12. The monoisotopic (exact) mass is 518 g/mol. The van der Waals surface area contributed by atoms with Gasteiger partial charge in [-0.15, -0.1) is 16.9 Å². The van der Waals surface area contributed by atoms with Gasteiger partial charge in [-0.2, -0.15) is 0 Å². The molecule has 0 radical (unpaired) electrons. The number of aromatic nitrogens is 4. The topological polar surface area (TPSA) is 133 Å². The predicted octanol–water partition coefficient (Wildman–Crippen LogP) is 2.97. The summed E-state index contributed by atoms with van der Waals surface area (Å²) in [5, 5.41) is 23.1. The van der Waals surface area contributed by atoms with E-state index < -0.39 is 25.9 Å². The summed E-state index contributed by atoms with van der Waals surface area (Å²) in [6.45, 7) is 7.32. The van der Waals surface area contributed by atoms with Crippen molar-refractivity contribution in [2.24, 2.45) is 12.5 Å². The van der Waals surface area contributed by atoms with Crippen LogP contribution in [0.4, 0.5) is 5.69 Å². The molecule has 0 N–H and O–H groups in total. The highest BCUT2D eigenvalue weighted by Crippen LogP contribution is 2.59. The number of thioether (sulfide) groups is 2. The number of allylic oxidation sites excluding steroid dienone is 1. The fraction of sp³-hybridized carbons (Fsp3) is 0.500. The second kappa shape index (κ2) is 9.03. The van der Waals surface area contributed by atoms with Gasteiger partial charge >= 0.3 is 0 Å². The summed E-state index contributed by atoms with van der Waals surface area (Å²) in [5.74, 6) is -0.390. The minimum atomic E-state index is -0.784. The summed E-state index contributed by atoms with van der Waals surface area (Å²) in [4.78, 5) is 38.9. The van der Waals surface area contributed by atoms with Crippen LogP contribution < -0.4 is 0 Å². The summed E-state index contributed by atoms with van der Waals surface area (Å²) in [6, 6.07) is 6.34. The van der Waals surface area contributed by atoms with Crippen LogP contribution in [-0.4, -0.2) is 64.4 Å². The first-order valence-corrected chi connectivity index (χ1v) is 12.5. The molecule has 4 rings (SSSR count). The molecule has 0 saturated carbocycles. The number of hydrogen-bond donors (Lipinski definition) is 0. The van der Waals surface area contributed by atoms with E-state index in [0.717, 1.165) is 5.56 Å². The fourth-order valence-corrected chi connectivity index (χ4v) is 7.38. The van der Waals surface area contributed by atoms with Crippen molar-refractivity contribution >= 4 is 40.9 Å². The van der Waals surface area contributed by atoms with E-state index in [1.54, 1.807) is 28.8 Å². The zero-order valence-electron chi connectivity index (χ0n) is 20.2. The molecule has 13 heteroatoms. The van der Waals surface area contributed by atoms with E-state index in [2.05, 4.69) is 15.5 Å². The molecule has 1 aromatic carbocycles. The molecule has 1 saturated heterocycles. The van der Waals surface area contributed by atoms with Crippen molar-refractivity contribution in [3.63, 3.8) is 0 Å². The van der Waals surface area contributed by atoms with Crippen LogP contribution in [0.15, 0.2) is 40.7 Å². The first kappa shape index (κ1) is 25.3. The van der Waals surface area contributed by atoms with Gasteiger partial charge in [-0.25, -0.2) is 4.68 Å². The van der Waals surface area contributed by atoms with Gasteiger partial charge in [0.25, 0.3) is 11.6 Å². The van der Waals surface area contributed by atoms with Gasteiger partial charge < -0.3 is 4.74 Å². The molecule has 0 spiro atoms. The Labute approximate surface area is 210 Å². The van der Waals surface area contributed by atoms with Crippen LogP contribution in [0.1, 0.15) is 33.3 Å². The molecule has 11 nitrogen and oxygen atoms in total. The Morgan fingerprint density at radius 1 is 1.31 bits per heavy atom. The molecule has 2 aliphatic rings. The van der Waals surface area contributed by atoms with Crippen molar-refractivity contribution in [1.29, 1.82) is 0 Å². The Balaban J connectivity index is 1.88. The number of aryl methyl sites for hydroxylation is 1. The second-order valence-corrected chi connectivity index (χ2v) is 12.4. The van der Waals surface area contributed by atoms with Gasteiger partial charge in [0.1, 0.15) is 5.37 Å². The van der Waals surface area contributed by atoms with Gasteiger partial charge in [0.05, 0.1) is 14.7 Å². The van der Waals surface area contributed by atoms with Crippen molar-refractivity contribution in [3.8, 4) is 0 Å². The highest BCUT2D eigenvalue weighted by atomic mass is 32.2. The molecule has 1 unspecified atom stereocenters. The molecular formula is C22H26N6O5S2. The van der Waals surface area contributed by atoms with Gasteiger partial charge in [0.2, 0.25) is 5.16 Å². The summed E-state index contributed by atoms with van der Waals surface area (Å²) in [5.41, 5.74) is 1.19. The molecular weight excluding hydrogens is 492 g/mol. The van der Waals surface area contributed by atoms with E-state index in [0.29, 0.717) is 22.8 Å². The van der Waals surface area contributed by atoms with E-state index in [9.17, 15) is 19.7 Å². The predicted molar refractivity (Wildman–Crippen MR) is 130 cm³/mol. The number of hydrogen-bond acceptors (Lipinski definition) is 10. The Morgan fingerprint density at radius 2 is 1.97 bits per heavy atom. The van der Waals surface area contributed by atoms with Crippen LogP contribution in [0.2, 0.25) is 0 Å². The molecule has 186 valence electrons. The molecule has 35 heavy (non-hydrogen) atoms. The zero-order chi connectivity index (χ0) is 25.7. The van der Waals surface area contributed by atoms with Gasteiger partial charge in [-0.05, 0) is 28.5 Å². The maximum Gasteiger partial charge on any atom is 0.269 e. The molecule has 1 amide bonds. The van der Waals surface area contributed by atoms with Crippen LogP contribution in [0.5, 0.6) is 0 Å². The molecule has 1 aromatic heterocycles. The van der Waals surface area contributed by atoms with Gasteiger partial charge in [-0.1, -0.05) is 44.7 Å². The number of nitro groups is 1. The molecule has 0 bridgehead atoms. The number of ketones is 1. The number of rotatable bonds is 7. The third-order valence-electron chi connectivity index (χ3n) is 6.04. The Hall–Kier alpha value is -2.77. The standard InChI is InChI=1S/C22H26N6O5S2/c1-12-15(17(29)21(2,3)4)27-18(30)16(33-6)19(27)34-22(12,35-20-23-24-25-26(20)5)11-13-7-9-14(10-8-13)28(31)32/h7-10,16,19H,11H2,1-6H3/t16-,19+,22?/m0/s1. The lowest BCUT2D eigenvalue weighted by Gasteiger charge is -2.55. The number of fused-ring (bicyclic) bond motifs is 1. The van der Waals surface area contributed by atoms with Crippen LogP contribution >= 0.6 is 23.5 Å². The van der Waals surface area contributed by atoms with Crippen molar-refractivity contribution in [3.05, 3.63) is 51.2 Å². The maximum atomic E-state index is 13.7. The summed E-state index contributed by atoms with van der Waals surface area (Å²) >= 11 is 2.90. The number of tetrazole rings is 1. The fourth-order valence-electron chi connectivity index (χ4n) is 4.06. The number of methoxy groups -OCH3 is 1. The smallest absolute Gasteiger partial charge is 0.269 e. The first-order chi connectivity index (χ1) is 16.4. The minimum Gasteiger partial charge on any atom is -0.368 e. The number of benzene rings is 1. The number of nitro benzene ring substituents is 1. The lowest BCUT2D eigenvalue weighted by atomic mass is 9.84. The Kier molecular flexibility index (Phi) is 6.53. The zero-order valence-corrected chi connectivity index (χ0v) is 21.8. The summed E-state index contributed by atoms with van der Waals surface area (Å²) < 4.78 is 6.25. The number of ether oxygens (including phenoxy) is 1. The molecule has 1 fully saturated rings. The Morgan fingerprint density at radius 3 is 2.49 bits per heavy atom. The van der Waals surface area contributed by atoms with E-state index in [-0.39, 0.29) is 17.4 Å². The van der Waals surface area contributed by atoms with E-state index >= 15 is 0 Å². The average molecular weight is 519 g/mol. The molecule has 2 aliphatic heterocycles. The van der Waals surface area contributed by atoms with Crippen LogP contribution in [0.3, 0.4) is 0 Å². The number of nitrogens with zero attached hydrogens (tertiary/aromatic N) is 6. The number of β-lactam (4-membered cyclic amide) rings is 1. The van der Waals surface area contributed by atoms with Crippen LogP contribution in [-0.2, 0) is 27.8 Å². The van der Waals surface area contributed by atoms with Crippen LogP contribution in [0.25, 0.3) is 0 Å². The molecule has 3 heterocycles. The highest BCUT2D eigenvalue weighted by molar-refractivity contribution is 8.18. The van der Waals surface area contributed by atoms with Crippen molar-refractivity contribution in [2.45, 2.75) is 54.8 Å². The van der Waals surface area contributed by atoms with E-state index in [4.69, 9.17) is 4.74 Å². The minimum absolute atomic E-state index is 0.00433. The van der Waals surface area contributed by atoms with Crippen molar-refractivity contribution in [1.82, 2.24) is 25.1 Å². The summed E-state index contributed by atoms with van der Waals surface area (Å²) in [6.07, 6.45) is -0.278. The Bertz CT molecular complexity index is 1220. The third-order valence-corrected chi connectivity index (χ3v) is 9.42. The molecule has 2 aromatic rings. The third kappa shape index (κ3) is 4.36. The number of Topliss-reactive ketones (excluding diaryl/α,β-unsaturated/α-hetero) is 1. The highest BCUT2D eigenvalue weighted by Gasteiger charge is 2.60. The van der Waals surface area contributed by atoms with Crippen LogP contribution in [0, 0.1) is 15.5 Å². The quantitative estimate of drug-likeness (QED) is 0.306. The maximum absolute atomic E-state index is 13.7. The number of non-ortho nitro benzene ring substituents is 1. The van der Waals surface area contributed by atoms with Crippen molar-refractivity contribution < 1.29 is 19.2 Å². The van der Waals surface area contributed by atoms with Gasteiger partial charge in [-0.3, -0.25) is 24.6 Å². The van der Waals surface area contributed by atoms with Crippen molar-refractivity contribution in [2.75, 3.05) is 7.11 Å². The number of carbonyl (C=O) groups excluding carboxylic acids is 2. The normalized spacial score (nSPS) is 24.3. The largest absolute Gasteiger partial charge is 0.368 e.